The van der Waals surface area contributed by atoms with E-state index in [1.54, 1.807) is 0 Å². The molecule has 6 heteroatoms. The fraction of sp³-hybridized carbons (Fsp3) is 0.800. The van der Waals surface area contributed by atoms with E-state index in [0.717, 1.165) is 5.41 Å². The Bertz CT molecular complexity index is 407. The maximum atomic E-state index is 13.2. The Labute approximate surface area is 94.2 Å². The average molecular weight is 251 g/mol. The lowest BCUT2D eigenvalue weighted by atomic mass is 9.97. The van der Waals surface area contributed by atoms with Gasteiger partial charge in [0.05, 0.1) is 0 Å². The Hall–Kier alpha value is -0.490. The van der Waals surface area contributed by atoms with E-state index < -0.39 is 21.4 Å². The molecule has 2 fully saturated rings. The first-order valence-corrected chi connectivity index (χ1v) is 6.84. The predicted molar refractivity (Wildman–Crippen MR) is 56.5 cm³/mol. The van der Waals surface area contributed by atoms with Crippen LogP contribution in [0.15, 0.2) is 12.0 Å². The molecule has 1 atom stereocenters. The first kappa shape index (κ1) is 12.0. The van der Waals surface area contributed by atoms with Crippen LogP contribution in [-0.4, -0.2) is 31.7 Å². The van der Waals surface area contributed by atoms with Gasteiger partial charge < -0.3 is 0 Å². The van der Waals surface area contributed by atoms with Gasteiger partial charge in [0.1, 0.15) is 0 Å². The summed E-state index contributed by atoms with van der Waals surface area (Å²) in [6, 6.07) is 0. The van der Waals surface area contributed by atoms with E-state index in [4.69, 9.17) is 0 Å². The molecular weight excluding hydrogens is 236 g/mol. The van der Waals surface area contributed by atoms with Gasteiger partial charge in [0.25, 0.3) is 5.92 Å². The summed E-state index contributed by atoms with van der Waals surface area (Å²) in [5.41, 5.74) is -0.918. The Morgan fingerprint density at radius 2 is 1.88 bits per heavy atom. The van der Waals surface area contributed by atoms with Crippen molar-refractivity contribution in [2.24, 2.45) is 5.41 Å². The number of sulfonamides is 1. The fourth-order valence-corrected chi connectivity index (χ4v) is 3.39. The van der Waals surface area contributed by atoms with Crippen LogP contribution in [0.5, 0.6) is 0 Å². The lowest BCUT2D eigenvalue weighted by Gasteiger charge is -2.17. The molecule has 0 bridgehead atoms. The molecule has 1 aliphatic carbocycles. The molecular formula is C10H15F2NO2S. The number of rotatable bonds is 2. The lowest BCUT2D eigenvalue weighted by molar-refractivity contribution is 0.0583. The van der Waals surface area contributed by atoms with Crippen molar-refractivity contribution in [1.82, 2.24) is 4.31 Å². The highest BCUT2D eigenvalue weighted by atomic mass is 32.2. The van der Waals surface area contributed by atoms with E-state index in [1.165, 1.54) is 4.31 Å². The van der Waals surface area contributed by atoms with E-state index >= 15 is 0 Å². The summed E-state index contributed by atoms with van der Waals surface area (Å²) in [5.74, 6) is -2.58. The molecule has 1 aliphatic heterocycles. The van der Waals surface area contributed by atoms with E-state index in [0.29, 0.717) is 19.4 Å². The van der Waals surface area contributed by atoms with Crippen LogP contribution >= 0.6 is 0 Å². The van der Waals surface area contributed by atoms with Crippen molar-refractivity contribution in [2.75, 3.05) is 13.1 Å². The summed E-state index contributed by atoms with van der Waals surface area (Å²) < 4.78 is 50.6. The van der Waals surface area contributed by atoms with Crippen LogP contribution in [0.2, 0.25) is 0 Å². The quantitative estimate of drug-likeness (QED) is 0.752. The summed E-state index contributed by atoms with van der Waals surface area (Å²) >= 11 is 0. The Balaban J connectivity index is 2.08. The van der Waals surface area contributed by atoms with Crippen LogP contribution in [-0.2, 0) is 10.0 Å². The highest BCUT2D eigenvalue weighted by molar-refractivity contribution is 7.92. The van der Waals surface area contributed by atoms with E-state index in [-0.39, 0.29) is 19.4 Å². The van der Waals surface area contributed by atoms with Crippen LogP contribution in [0.25, 0.3) is 0 Å². The lowest BCUT2D eigenvalue weighted by Crippen LogP contribution is -2.30. The number of hydrogen-bond donors (Lipinski definition) is 0. The van der Waals surface area contributed by atoms with Gasteiger partial charge in [-0.05, 0) is 19.3 Å². The molecule has 0 N–H and O–H groups in total. The molecule has 0 aromatic heterocycles. The standard InChI is InChI=1S/C10H15F2NO2S/c1-2-16(14,15)13-6-3-4-9(5-7-13)8-10(9,11)12/h2H,1,3-8H2. The first-order valence-electron chi connectivity index (χ1n) is 5.33. The van der Waals surface area contributed by atoms with E-state index in [1.807, 2.05) is 0 Å². The van der Waals surface area contributed by atoms with Crippen LogP contribution in [0, 0.1) is 5.41 Å². The summed E-state index contributed by atoms with van der Waals surface area (Å²) in [6.07, 6.45) is 1.10. The normalized spacial score (nSPS) is 34.6. The Morgan fingerprint density at radius 1 is 1.25 bits per heavy atom. The minimum absolute atomic E-state index is 0.0814. The summed E-state index contributed by atoms with van der Waals surface area (Å²) in [4.78, 5) is 0. The second-order valence-corrected chi connectivity index (χ2v) is 6.51. The molecule has 1 saturated heterocycles. The van der Waals surface area contributed by atoms with Gasteiger partial charge in [-0.25, -0.2) is 17.2 Å². The number of hydrogen-bond acceptors (Lipinski definition) is 2. The van der Waals surface area contributed by atoms with Gasteiger partial charge in [-0.3, -0.25) is 0 Å². The van der Waals surface area contributed by atoms with Gasteiger partial charge in [-0.2, -0.15) is 4.31 Å². The number of nitrogens with zero attached hydrogens (tertiary/aromatic N) is 1. The smallest absolute Gasteiger partial charge is 0.208 e. The third-order valence-electron chi connectivity index (χ3n) is 3.68. The minimum atomic E-state index is -3.45. The third-order valence-corrected chi connectivity index (χ3v) is 5.19. The van der Waals surface area contributed by atoms with Gasteiger partial charge in [-0.1, -0.05) is 6.58 Å². The van der Waals surface area contributed by atoms with Crippen molar-refractivity contribution in [3.05, 3.63) is 12.0 Å². The van der Waals surface area contributed by atoms with Crippen LogP contribution in [0.4, 0.5) is 8.78 Å². The SMILES string of the molecule is C=CS(=O)(=O)N1CCCC2(CC1)CC2(F)F. The van der Waals surface area contributed by atoms with Gasteiger partial charge in [0.15, 0.2) is 0 Å². The third kappa shape index (κ3) is 1.78. The van der Waals surface area contributed by atoms with Gasteiger partial charge in [-0.15, -0.1) is 0 Å². The van der Waals surface area contributed by atoms with Crippen LogP contribution < -0.4 is 0 Å². The molecule has 0 aromatic rings. The van der Waals surface area contributed by atoms with Crippen molar-refractivity contribution < 1.29 is 17.2 Å². The zero-order valence-corrected chi connectivity index (χ0v) is 9.77. The molecule has 1 spiro atoms. The Kier molecular flexibility index (Phi) is 2.62. The molecule has 2 rings (SSSR count). The monoisotopic (exact) mass is 251 g/mol. The maximum absolute atomic E-state index is 13.2. The minimum Gasteiger partial charge on any atom is -0.208 e. The van der Waals surface area contributed by atoms with Crippen molar-refractivity contribution in [3.8, 4) is 0 Å². The van der Waals surface area contributed by atoms with Gasteiger partial charge >= 0.3 is 0 Å². The summed E-state index contributed by atoms with van der Waals surface area (Å²) in [6.45, 7) is 3.75. The second-order valence-electron chi connectivity index (χ2n) is 4.63. The molecule has 0 amide bonds. The van der Waals surface area contributed by atoms with Crippen molar-refractivity contribution in [2.45, 2.75) is 31.6 Å². The maximum Gasteiger partial charge on any atom is 0.254 e. The Morgan fingerprint density at radius 3 is 2.38 bits per heavy atom. The molecule has 1 saturated carbocycles. The highest BCUT2D eigenvalue weighted by Gasteiger charge is 2.70. The van der Waals surface area contributed by atoms with Crippen molar-refractivity contribution >= 4 is 10.0 Å². The van der Waals surface area contributed by atoms with Gasteiger partial charge in [0, 0.05) is 30.3 Å². The zero-order valence-electron chi connectivity index (χ0n) is 8.95. The van der Waals surface area contributed by atoms with Crippen molar-refractivity contribution in [3.63, 3.8) is 0 Å². The number of alkyl halides is 2. The number of halogens is 2. The molecule has 0 aromatic carbocycles. The summed E-state index contributed by atoms with van der Waals surface area (Å²) in [5, 5.41) is 0.885. The van der Waals surface area contributed by atoms with Crippen LogP contribution in [0.3, 0.4) is 0 Å². The van der Waals surface area contributed by atoms with Crippen LogP contribution in [0.1, 0.15) is 25.7 Å². The molecule has 92 valence electrons. The molecule has 2 aliphatic rings. The van der Waals surface area contributed by atoms with Gasteiger partial charge in [0.2, 0.25) is 10.0 Å². The summed E-state index contributed by atoms with van der Waals surface area (Å²) in [7, 11) is -3.45. The van der Waals surface area contributed by atoms with E-state index in [2.05, 4.69) is 6.58 Å². The molecule has 3 nitrogen and oxygen atoms in total. The topological polar surface area (TPSA) is 37.4 Å². The fourth-order valence-electron chi connectivity index (χ4n) is 2.45. The largest absolute Gasteiger partial charge is 0.254 e. The second kappa shape index (κ2) is 3.50. The van der Waals surface area contributed by atoms with E-state index in [9.17, 15) is 17.2 Å². The molecule has 1 heterocycles. The molecule has 0 radical (unpaired) electrons. The van der Waals surface area contributed by atoms with Crippen molar-refractivity contribution in [1.29, 1.82) is 0 Å². The molecule has 16 heavy (non-hydrogen) atoms. The average Bonchev–Trinajstić information content (AvgIpc) is 2.82. The zero-order chi connectivity index (χ0) is 12.0. The first-order chi connectivity index (χ1) is 7.33. The predicted octanol–water partition coefficient (Wildman–Crippen LogP) is 1.97. The highest BCUT2D eigenvalue weighted by Crippen LogP contribution is 2.65. The molecule has 1 unspecified atom stereocenters.